The van der Waals surface area contributed by atoms with Gasteiger partial charge in [0, 0.05) is 64.3 Å². The zero-order chi connectivity index (χ0) is 18.5. The Kier molecular flexibility index (Phi) is 6.08. The summed E-state index contributed by atoms with van der Waals surface area (Å²) in [5, 5.41) is 0. The van der Waals surface area contributed by atoms with E-state index in [1.165, 1.54) is 12.2 Å². The van der Waals surface area contributed by atoms with Crippen molar-refractivity contribution in [2.45, 2.75) is 32.2 Å². The molecule has 0 aliphatic carbocycles. The summed E-state index contributed by atoms with van der Waals surface area (Å²) in [5.74, 6) is 3.43. The molecule has 0 unspecified atom stereocenters. The minimum Gasteiger partial charge on any atom is -0.360 e. The van der Waals surface area contributed by atoms with E-state index in [-0.39, 0.29) is 0 Å². The summed E-state index contributed by atoms with van der Waals surface area (Å²) in [5.41, 5.74) is 0. The average Bonchev–Trinajstić information content (AvgIpc) is 3.14. The molecule has 1 fully saturated rings. The zero-order valence-electron chi connectivity index (χ0n) is 16.5. The van der Waals surface area contributed by atoms with Gasteiger partial charge in [-0.05, 0) is 39.9 Å². The van der Waals surface area contributed by atoms with Gasteiger partial charge in [-0.15, -0.1) is 0 Å². The molecule has 0 spiro atoms. The van der Waals surface area contributed by atoms with Crippen molar-refractivity contribution in [3.63, 3.8) is 0 Å². The summed E-state index contributed by atoms with van der Waals surface area (Å²) in [4.78, 5) is 20.6. The first kappa shape index (κ1) is 18.6. The molecular weight excluding hydrogens is 326 g/mol. The fraction of sp³-hybridized carbons (Fsp3) is 0.632. The van der Waals surface area contributed by atoms with Gasteiger partial charge in [0.25, 0.3) is 0 Å². The number of nitrogens with zero attached hydrogens (tertiary/aromatic N) is 7. The Morgan fingerprint density at radius 2 is 2.04 bits per heavy atom. The number of aromatic nitrogens is 4. The number of imidazole rings is 1. The lowest BCUT2D eigenvalue weighted by molar-refractivity contribution is 0.373. The Balaban J connectivity index is 1.73. The van der Waals surface area contributed by atoms with Gasteiger partial charge in [0.15, 0.2) is 0 Å². The van der Waals surface area contributed by atoms with Crippen LogP contribution < -0.4 is 9.80 Å². The summed E-state index contributed by atoms with van der Waals surface area (Å²) in [6, 6.07) is 1.97. The van der Waals surface area contributed by atoms with Crippen LogP contribution in [0.3, 0.4) is 0 Å². The SMILES string of the molecule is CCN(C)c1ccnc(N2CCC[C@H](c3nccn3CCN(C)C)C2)n1. The van der Waals surface area contributed by atoms with E-state index in [1.54, 1.807) is 0 Å². The van der Waals surface area contributed by atoms with E-state index in [4.69, 9.17) is 4.98 Å². The quantitative estimate of drug-likeness (QED) is 0.756. The minimum absolute atomic E-state index is 0.428. The van der Waals surface area contributed by atoms with Gasteiger partial charge in [-0.25, -0.2) is 9.97 Å². The minimum atomic E-state index is 0.428. The fourth-order valence-electron chi connectivity index (χ4n) is 3.41. The molecule has 2 aromatic rings. The van der Waals surface area contributed by atoms with Gasteiger partial charge in [0.2, 0.25) is 5.95 Å². The average molecular weight is 358 g/mol. The topological polar surface area (TPSA) is 53.3 Å². The number of hydrogen-bond acceptors (Lipinski definition) is 6. The monoisotopic (exact) mass is 357 g/mol. The molecule has 7 heteroatoms. The fourth-order valence-corrected chi connectivity index (χ4v) is 3.41. The predicted molar refractivity (Wildman–Crippen MR) is 106 cm³/mol. The van der Waals surface area contributed by atoms with E-state index in [0.717, 1.165) is 50.9 Å². The molecule has 0 radical (unpaired) electrons. The van der Waals surface area contributed by atoms with Crippen LogP contribution in [0.1, 0.15) is 31.5 Å². The van der Waals surface area contributed by atoms with Crippen molar-refractivity contribution < 1.29 is 0 Å². The lowest BCUT2D eigenvalue weighted by Gasteiger charge is -2.33. The highest BCUT2D eigenvalue weighted by atomic mass is 15.3. The second-order valence-electron chi connectivity index (χ2n) is 7.30. The molecular formula is C19H31N7. The van der Waals surface area contributed by atoms with E-state index < -0.39 is 0 Å². The van der Waals surface area contributed by atoms with E-state index in [1.807, 2.05) is 18.5 Å². The van der Waals surface area contributed by atoms with Gasteiger partial charge in [0.05, 0.1) is 0 Å². The van der Waals surface area contributed by atoms with Crippen LogP contribution in [0.4, 0.5) is 11.8 Å². The molecule has 1 aliphatic rings. The number of hydrogen-bond donors (Lipinski definition) is 0. The van der Waals surface area contributed by atoms with E-state index in [2.05, 4.69) is 63.5 Å². The summed E-state index contributed by atoms with van der Waals surface area (Å²) in [6.07, 6.45) is 8.21. The van der Waals surface area contributed by atoms with Gasteiger partial charge in [-0.3, -0.25) is 0 Å². The molecule has 1 atom stereocenters. The lowest BCUT2D eigenvalue weighted by Crippen LogP contribution is -2.37. The summed E-state index contributed by atoms with van der Waals surface area (Å²) >= 11 is 0. The van der Waals surface area contributed by atoms with Crippen molar-refractivity contribution in [1.82, 2.24) is 24.4 Å². The van der Waals surface area contributed by atoms with Crippen LogP contribution in [0.2, 0.25) is 0 Å². The third kappa shape index (κ3) is 4.33. The summed E-state index contributed by atoms with van der Waals surface area (Å²) in [6.45, 7) is 7.00. The molecule has 1 saturated heterocycles. The maximum atomic E-state index is 4.77. The Morgan fingerprint density at radius 1 is 1.19 bits per heavy atom. The van der Waals surface area contributed by atoms with Crippen molar-refractivity contribution in [3.8, 4) is 0 Å². The van der Waals surface area contributed by atoms with Crippen LogP contribution >= 0.6 is 0 Å². The molecule has 1 aliphatic heterocycles. The van der Waals surface area contributed by atoms with Gasteiger partial charge >= 0.3 is 0 Å². The maximum absolute atomic E-state index is 4.77. The molecule has 3 rings (SSSR count). The lowest BCUT2D eigenvalue weighted by atomic mass is 9.97. The Hall–Kier alpha value is -2.15. The number of piperidine rings is 1. The number of likely N-dealkylation sites (N-methyl/N-ethyl adjacent to an activating group) is 1. The van der Waals surface area contributed by atoms with E-state index in [0.29, 0.717) is 5.92 Å². The van der Waals surface area contributed by atoms with Gasteiger partial charge in [-0.2, -0.15) is 4.98 Å². The Labute approximate surface area is 156 Å². The summed E-state index contributed by atoms with van der Waals surface area (Å²) < 4.78 is 2.30. The summed E-state index contributed by atoms with van der Waals surface area (Å²) in [7, 11) is 6.28. The zero-order valence-corrected chi connectivity index (χ0v) is 16.5. The largest absolute Gasteiger partial charge is 0.360 e. The van der Waals surface area contributed by atoms with Crippen LogP contribution in [-0.2, 0) is 6.54 Å². The van der Waals surface area contributed by atoms with Gasteiger partial charge in [0.1, 0.15) is 11.6 Å². The van der Waals surface area contributed by atoms with Crippen LogP contribution in [0.5, 0.6) is 0 Å². The molecule has 7 nitrogen and oxygen atoms in total. The number of rotatable bonds is 7. The smallest absolute Gasteiger partial charge is 0.227 e. The standard InChI is InChI=1S/C19H31N7/c1-5-24(4)17-8-9-21-19(22-17)26-11-6-7-16(15-26)18-20-10-12-25(18)14-13-23(2)3/h8-10,12,16H,5-7,11,13-15H2,1-4H3/t16-/m0/s1. The van der Waals surface area contributed by atoms with Crippen LogP contribution in [0.15, 0.2) is 24.7 Å². The van der Waals surface area contributed by atoms with Gasteiger partial charge < -0.3 is 19.3 Å². The highest BCUT2D eigenvalue weighted by molar-refractivity contribution is 5.43. The molecule has 142 valence electrons. The second-order valence-corrected chi connectivity index (χ2v) is 7.30. The highest BCUT2D eigenvalue weighted by Crippen LogP contribution is 2.28. The first-order chi connectivity index (χ1) is 12.6. The molecule has 0 N–H and O–H groups in total. The van der Waals surface area contributed by atoms with Crippen molar-refractivity contribution in [2.24, 2.45) is 0 Å². The molecule has 26 heavy (non-hydrogen) atoms. The second kappa shape index (κ2) is 8.49. The van der Waals surface area contributed by atoms with Crippen molar-refractivity contribution in [2.75, 3.05) is 57.1 Å². The van der Waals surface area contributed by atoms with E-state index >= 15 is 0 Å². The van der Waals surface area contributed by atoms with Crippen molar-refractivity contribution in [1.29, 1.82) is 0 Å². The Morgan fingerprint density at radius 3 is 2.81 bits per heavy atom. The van der Waals surface area contributed by atoms with Crippen molar-refractivity contribution >= 4 is 11.8 Å². The molecule has 0 bridgehead atoms. The maximum Gasteiger partial charge on any atom is 0.227 e. The third-order valence-electron chi connectivity index (χ3n) is 5.10. The number of anilines is 2. The molecule has 3 heterocycles. The first-order valence-corrected chi connectivity index (χ1v) is 9.53. The van der Waals surface area contributed by atoms with Gasteiger partial charge in [-0.1, -0.05) is 0 Å². The van der Waals surface area contributed by atoms with Crippen LogP contribution in [0, 0.1) is 0 Å². The molecule has 0 saturated carbocycles. The molecule has 0 aromatic carbocycles. The van der Waals surface area contributed by atoms with Crippen LogP contribution in [-0.4, -0.2) is 71.7 Å². The molecule has 2 aromatic heterocycles. The Bertz CT molecular complexity index is 697. The van der Waals surface area contributed by atoms with Crippen LogP contribution in [0.25, 0.3) is 0 Å². The first-order valence-electron chi connectivity index (χ1n) is 9.53. The normalized spacial score (nSPS) is 17.7. The molecule has 0 amide bonds. The van der Waals surface area contributed by atoms with E-state index in [9.17, 15) is 0 Å². The predicted octanol–water partition coefficient (Wildman–Crippen LogP) is 2.07. The highest BCUT2D eigenvalue weighted by Gasteiger charge is 2.26. The third-order valence-corrected chi connectivity index (χ3v) is 5.10. The van der Waals surface area contributed by atoms with Crippen molar-refractivity contribution in [3.05, 3.63) is 30.5 Å².